The molecule has 0 saturated carbocycles. The minimum Gasteiger partial charge on any atom is -0.481 e. The number of hydrogen-bond donors (Lipinski definition) is 1. The largest absolute Gasteiger partial charge is 0.481 e. The number of methoxy groups -OCH3 is 1. The Labute approximate surface area is 142 Å². The summed E-state index contributed by atoms with van der Waals surface area (Å²) >= 11 is 1.24. The van der Waals surface area contributed by atoms with Crippen molar-refractivity contribution in [2.45, 2.75) is 31.9 Å². The van der Waals surface area contributed by atoms with Crippen molar-refractivity contribution < 1.29 is 23.8 Å². The molecule has 1 amide bonds. The normalized spacial score (nSPS) is 17.6. The maximum absolute atomic E-state index is 14.2. The van der Waals surface area contributed by atoms with Crippen LogP contribution >= 0.6 is 11.3 Å². The molecule has 128 valence electrons. The highest BCUT2D eigenvalue weighted by atomic mass is 32.1. The van der Waals surface area contributed by atoms with Gasteiger partial charge < -0.3 is 14.7 Å². The van der Waals surface area contributed by atoms with E-state index >= 15 is 0 Å². The predicted molar refractivity (Wildman–Crippen MR) is 88.8 cm³/mol. The molecule has 5 nitrogen and oxygen atoms in total. The molecule has 0 bridgehead atoms. The van der Waals surface area contributed by atoms with Crippen molar-refractivity contribution in [1.82, 2.24) is 4.90 Å². The fraction of sp³-hybridized carbons (Fsp3) is 0.412. The van der Waals surface area contributed by atoms with E-state index < -0.39 is 5.97 Å². The number of carbonyl (C=O) groups is 2. The molecule has 1 aromatic heterocycles. The molecule has 2 aromatic rings. The molecule has 1 atom stereocenters. The van der Waals surface area contributed by atoms with Crippen LogP contribution in [-0.4, -0.2) is 41.6 Å². The molecule has 0 spiro atoms. The third kappa shape index (κ3) is 3.01. The van der Waals surface area contributed by atoms with Gasteiger partial charge in [-0.1, -0.05) is 6.07 Å². The molecule has 1 aromatic carbocycles. The standard InChI is InChI=1S/C17H18FNO4S/c1-23-9-11-15-12(18)5-2-6-13(15)24-16(11)17(22)19-7-3-4-10(19)8-14(20)21/h2,5-6,10H,3-4,7-9H2,1H3,(H,20,21). The Hall–Kier alpha value is -1.99. The Bertz CT molecular complexity index is 788. The van der Waals surface area contributed by atoms with Crippen molar-refractivity contribution >= 4 is 33.3 Å². The topological polar surface area (TPSA) is 66.8 Å². The Kier molecular flexibility index (Phi) is 4.82. The fourth-order valence-electron chi connectivity index (χ4n) is 3.27. The number of carbonyl (C=O) groups excluding carboxylic acids is 1. The van der Waals surface area contributed by atoms with Gasteiger partial charge in [0.05, 0.1) is 17.9 Å². The molecule has 0 aliphatic carbocycles. The van der Waals surface area contributed by atoms with Gasteiger partial charge in [0.25, 0.3) is 5.91 Å². The van der Waals surface area contributed by atoms with E-state index in [2.05, 4.69) is 0 Å². The van der Waals surface area contributed by atoms with Crippen molar-refractivity contribution in [3.05, 3.63) is 34.5 Å². The molecule has 1 N–H and O–H groups in total. The quantitative estimate of drug-likeness (QED) is 0.898. The second-order valence-electron chi connectivity index (χ2n) is 5.85. The number of fused-ring (bicyclic) bond motifs is 1. The van der Waals surface area contributed by atoms with E-state index in [1.807, 2.05) is 0 Å². The number of thiophene rings is 1. The van der Waals surface area contributed by atoms with Gasteiger partial charge in [0.1, 0.15) is 5.82 Å². The van der Waals surface area contributed by atoms with E-state index in [1.165, 1.54) is 24.5 Å². The van der Waals surface area contributed by atoms with Gasteiger partial charge in [-0.15, -0.1) is 11.3 Å². The van der Waals surface area contributed by atoms with E-state index in [4.69, 9.17) is 9.84 Å². The maximum atomic E-state index is 14.2. The van der Waals surface area contributed by atoms with E-state index in [9.17, 15) is 14.0 Å². The van der Waals surface area contributed by atoms with E-state index in [-0.39, 0.29) is 30.8 Å². The molecule has 3 rings (SSSR count). The van der Waals surface area contributed by atoms with Crippen molar-refractivity contribution in [2.24, 2.45) is 0 Å². The summed E-state index contributed by atoms with van der Waals surface area (Å²) in [4.78, 5) is 26.0. The average Bonchev–Trinajstić information content (AvgIpc) is 3.12. The summed E-state index contributed by atoms with van der Waals surface area (Å²) in [7, 11) is 1.50. The first kappa shape index (κ1) is 16.9. The van der Waals surface area contributed by atoms with Crippen LogP contribution < -0.4 is 0 Å². The Morgan fingerprint density at radius 2 is 2.25 bits per heavy atom. The Morgan fingerprint density at radius 1 is 1.46 bits per heavy atom. The summed E-state index contributed by atoms with van der Waals surface area (Å²) in [6, 6.07) is 4.45. The number of carboxylic acid groups (broad SMARTS) is 1. The van der Waals surface area contributed by atoms with Crippen LogP contribution in [0.3, 0.4) is 0 Å². The van der Waals surface area contributed by atoms with E-state index in [1.54, 1.807) is 17.0 Å². The fourth-order valence-corrected chi connectivity index (χ4v) is 4.45. The first-order valence-corrected chi connectivity index (χ1v) is 8.56. The minimum absolute atomic E-state index is 0.0649. The predicted octanol–water partition coefficient (Wildman–Crippen LogP) is 3.27. The lowest BCUT2D eigenvalue weighted by atomic mass is 10.1. The summed E-state index contributed by atoms with van der Waals surface area (Å²) in [6.45, 7) is 0.666. The van der Waals surface area contributed by atoms with Gasteiger partial charge in [-0.2, -0.15) is 0 Å². The van der Waals surface area contributed by atoms with E-state index in [0.717, 1.165) is 6.42 Å². The highest BCUT2D eigenvalue weighted by Crippen LogP contribution is 2.36. The van der Waals surface area contributed by atoms with Crippen LogP contribution in [0, 0.1) is 5.82 Å². The molecule has 1 saturated heterocycles. The van der Waals surface area contributed by atoms with Crippen LogP contribution in [0.5, 0.6) is 0 Å². The molecule has 0 radical (unpaired) electrons. The summed E-state index contributed by atoms with van der Waals surface area (Å²) < 4.78 is 20.1. The molecular weight excluding hydrogens is 333 g/mol. The number of rotatable bonds is 5. The smallest absolute Gasteiger partial charge is 0.305 e. The maximum Gasteiger partial charge on any atom is 0.305 e. The van der Waals surface area contributed by atoms with Gasteiger partial charge in [0.2, 0.25) is 0 Å². The zero-order valence-corrected chi connectivity index (χ0v) is 14.1. The first-order chi connectivity index (χ1) is 11.5. The number of hydrogen-bond acceptors (Lipinski definition) is 4. The second-order valence-corrected chi connectivity index (χ2v) is 6.90. The minimum atomic E-state index is -0.917. The molecule has 1 aliphatic heterocycles. The lowest BCUT2D eigenvalue weighted by Crippen LogP contribution is -2.36. The summed E-state index contributed by atoms with van der Waals surface area (Å²) in [5.41, 5.74) is 0.543. The highest BCUT2D eigenvalue weighted by molar-refractivity contribution is 7.21. The lowest BCUT2D eigenvalue weighted by Gasteiger charge is -2.23. The zero-order chi connectivity index (χ0) is 17.3. The molecule has 7 heteroatoms. The van der Waals surface area contributed by atoms with Gasteiger partial charge in [-0.3, -0.25) is 9.59 Å². The number of amides is 1. The highest BCUT2D eigenvalue weighted by Gasteiger charge is 2.33. The Balaban J connectivity index is 2.01. The summed E-state index contributed by atoms with van der Waals surface area (Å²) in [5, 5.41) is 9.45. The van der Waals surface area contributed by atoms with Crippen molar-refractivity contribution in [2.75, 3.05) is 13.7 Å². The van der Waals surface area contributed by atoms with Crippen molar-refractivity contribution in [1.29, 1.82) is 0 Å². The number of carboxylic acids is 1. The number of nitrogens with zero attached hydrogens (tertiary/aromatic N) is 1. The van der Waals surface area contributed by atoms with Crippen LogP contribution in [0.1, 0.15) is 34.5 Å². The van der Waals surface area contributed by atoms with Crippen LogP contribution in [-0.2, 0) is 16.1 Å². The number of benzene rings is 1. The monoisotopic (exact) mass is 351 g/mol. The Morgan fingerprint density at radius 3 is 2.96 bits per heavy atom. The molecule has 1 aliphatic rings. The third-order valence-corrected chi connectivity index (χ3v) is 5.48. The van der Waals surface area contributed by atoms with Crippen LogP contribution in [0.25, 0.3) is 10.1 Å². The van der Waals surface area contributed by atoms with Gasteiger partial charge in [0, 0.05) is 35.3 Å². The molecule has 1 unspecified atom stereocenters. The van der Waals surface area contributed by atoms with Crippen LogP contribution in [0.15, 0.2) is 18.2 Å². The lowest BCUT2D eigenvalue weighted by molar-refractivity contribution is -0.137. The van der Waals surface area contributed by atoms with Gasteiger partial charge in [-0.25, -0.2) is 4.39 Å². The average molecular weight is 351 g/mol. The van der Waals surface area contributed by atoms with Gasteiger partial charge in [0.15, 0.2) is 0 Å². The third-order valence-electron chi connectivity index (χ3n) is 4.29. The van der Waals surface area contributed by atoms with Crippen LogP contribution in [0.4, 0.5) is 4.39 Å². The molecular formula is C17H18FNO4S. The van der Waals surface area contributed by atoms with Gasteiger partial charge >= 0.3 is 5.97 Å². The number of ether oxygens (including phenoxy) is 1. The first-order valence-electron chi connectivity index (χ1n) is 7.74. The van der Waals surface area contributed by atoms with E-state index in [0.29, 0.717) is 33.5 Å². The molecule has 2 heterocycles. The van der Waals surface area contributed by atoms with Gasteiger partial charge in [-0.05, 0) is 25.0 Å². The van der Waals surface area contributed by atoms with Crippen molar-refractivity contribution in [3.63, 3.8) is 0 Å². The summed E-state index contributed by atoms with van der Waals surface area (Å²) in [5.74, 6) is -1.52. The molecule has 1 fully saturated rings. The zero-order valence-electron chi connectivity index (χ0n) is 13.3. The number of aliphatic carboxylic acids is 1. The molecule has 24 heavy (non-hydrogen) atoms. The summed E-state index contributed by atoms with van der Waals surface area (Å²) in [6.07, 6.45) is 1.39. The number of likely N-dealkylation sites (tertiary alicyclic amines) is 1. The SMILES string of the molecule is COCc1c(C(=O)N2CCCC2CC(=O)O)sc2cccc(F)c12. The second kappa shape index (κ2) is 6.86. The van der Waals surface area contributed by atoms with Crippen molar-refractivity contribution in [3.8, 4) is 0 Å². The number of halogens is 1. The van der Waals surface area contributed by atoms with Crippen LogP contribution in [0.2, 0.25) is 0 Å².